The van der Waals surface area contributed by atoms with E-state index in [9.17, 15) is 9.90 Å². The van der Waals surface area contributed by atoms with Crippen LogP contribution in [0, 0.1) is 12.8 Å². The average molecular weight is 413 g/mol. The first kappa shape index (κ1) is 21.3. The lowest BCUT2D eigenvalue weighted by Gasteiger charge is -2.42. The topological polar surface area (TPSA) is 69.9 Å². The predicted octanol–water partition coefficient (Wildman–Crippen LogP) is 3.51. The molecule has 30 heavy (non-hydrogen) atoms. The summed E-state index contributed by atoms with van der Waals surface area (Å²) in [6, 6.07) is 3.95. The number of β-amino-alcohol motifs (C(OH)–C–C–N with tert-alkyl or cyclic N) is 1. The Balaban J connectivity index is 1.50. The summed E-state index contributed by atoms with van der Waals surface area (Å²) >= 11 is 0. The number of hydrogen-bond acceptors (Lipinski definition) is 4. The van der Waals surface area contributed by atoms with E-state index in [0.717, 1.165) is 62.9 Å². The molecule has 2 atom stereocenters. The molecule has 2 fully saturated rings. The first-order valence-electron chi connectivity index (χ1n) is 11.6. The third-order valence-electron chi connectivity index (χ3n) is 7.11. The van der Waals surface area contributed by atoms with Gasteiger partial charge in [0.15, 0.2) is 0 Å². The fourth-order valence-corrected chi connectivity index (χ4v) is 5.63. The Bertz CT molecular complexity index is 900. The number of nitrogens with one attached hydrogen (secondary N) is 1. The van der Waals surface area contributed by atoms with Gasteiger partial charge in [-0.1, -0.05) is 26.2 Å². The summed E-state index contributed by atoms with van der Waals surface area (Å²) in [6.07, 6.45) is 8.39. The molecular formula is C24H36N4O2. The first-order valence-corrected chi connectivity index (χ1v) is 11.6. The third-order valence-corrected chi connectivity index (χ3v) is 7.11. The van der Waals surface area contributed by atoms with Gasteiger partial charge in [0.05, 0.1) is 22.4 Å². The van der Waals surface area contributed by atoms with Crippen LogP contribution in [0.1, 0.15) is 79.9 Å². The summed E-state index contributed by atoms with van der Waals surface area (Å²) in [5.74, 6) is 0.896. The second-order valence-electron chi connectivity index (χ2n) is 9.50. The van der Waals surface area contributed by atoms with Gasteiger partial charge in [0, 0.05) is 31.4 Å². The molecule has 1 saturated heterocycles. The lowest BCUT2D eigenvalue weighted by Crippen LogP contribution is -2.48. The zero-order chi connectivity index (χ0) is 21.3. The summed E-state index contributed by atoms with van der Waals surface area (Å²) in [4.78, 5) is 14.7. The maximum Gasteiger partial charge on any atom is 0.252 e. The van der Waals surface area contributed by atoms with Crippen LogP contribution in [-0.4, -0.2) is 57.3 Å². The number of piperidine rings is 1. The van der Waals surface area contributed by atoms with Gasteiger partial charge in [0.1, 0.15) is 0 Å². The molecule has 1 saturated carbocycles. The number of aliphatic hydroxyl groups is 1. The van der Waals surface area contributed by atoms with Gasteiger partial charge in [-0.25, -0.2) is 4.52 Å². The van der Waals surface area contributed by atoms with Gasteiger partial charge in [-0.3, -0.25) is 4.79 Å². The van der Waals surface area contributed by atoms with Crippen LogP contribution >= 0.6 is 0 Å². The Hall–Kier alpha value is -1.92. The molecule has 0 spiro atoms. The van der Waals surface area contributed by atoms with Gasteiger partial charge in [-0.05, 0) is 63.6 Å². The van der Waals surface area contributed by atoms with E-state index in [0.29, 0.717) is 23.9 Å². The number of hydrogen-bond donors (Lipinski definition) is 2. The zero-order valence-corrected chi connectivity index (χ0v) is 18.7. The van der Waals surface area contributed by atoms with Crippen molar-refractivity contribution in [3.8, 4) is 0 Å². The van der Waals surface area contributed by atoms with Gasteiger partial charge in [0.25, 0.3) is 5.91 Å². The SMILES string of the molecule is CCNC(=O)c1ccc2c([C@H]3CCN(CC4(O)CCCCC4)C[C@@H]3C)c(C)nn2c1. The normalized spacial score (nSPS) is 24.8. The molecule has 0 bridgehead atoms. The molecule has 2 aromatic heterocycles. The lowest BCUT2D eigenvalue weighted by atomic mass is 9.79. The molecule has 1 aliphatic carbocycles. The molecule has 6 nitrogen and oxygen atoms in total. The highest BCUT2D eigenvalue weighted by Crippen LogP contribution is 2.38. The van der Waals surface area contributed by atoms with Crippen LogP contribution < -0.4 is 5.32 Å². The average Bonchev–Trinajstić information content (AvgIpc) is 3.03. The molecule has 1 aliphatic heterocycles. The van der Waals surface area contributed by atoms with E-state index < -0.39 is 5.60 Å². The molecular weight excluding hydrogens is 376 g/mol. The number of aromatic nitrogens is 2. The minimum atomic E-state index is -0.486. The second kappa shape index (κ2) is 8.67. The maximum atomic E-state index is 12.2. The molecule has 2 N–H and O–H groups in total. The zero-order valence-electron chi connectivity index (χ0n) is 18.7. The molecule has 0 aromatic carbocycles. The maximum absolute atomic E-state index is 12.2. The number of fused-ring (bicyclic) bond motifs is 1. The van der Waals surface area contributed by atoms with Crippen molar-refractivity contribution in [2.24, 2.45) is 5.92 Å². The van der Waals surface area contributed by atoms with E-state index in [1.54, 1.807) is 0 Å². The van der Waals surface area contributed by atoms with Gasteiger partial charge >= 0.3 is 0 Å². The minimum absolute atomic E-state index is 0.0589. The number of pyridine rings is 1. The van der Waals surface area contributed by atoms with Gasteiger partial charge in [-0.15, -0.1) is 0 Å². The summed E-state index contributed by atoms with van der Waals surface area (Å²) in [7, 11) is 0. The number of carbonyl (C=O) groups excluding carboxylic acids is 1. The highest BCUT2D eigenvalue weighted by molar-refractivity contribution is 5.94. The van der Waals surface area contributed by atoms with E-state index in [4.69, 9.17) is 5.10 Å². The molecule has 1 amide bonds. The monoisotopic (exact) mass is 412 g/mol. The standard InChI is InChI=1S/C24H36N4O2/c1-4-25-23(29)19-8-9-21-22(18(3)26-28(21)15-19)20-10-13-27(14-17(20)2)16-24(30)11-6-5-7-12-24/h8-9,15,17,20,30H,4-7,10-14,16H2,1-3H3,(H,25,29)/t17-,20-/m0/s1. The van der Waals surface area contributed by atoms with Crippen molar-refractivity contribution in [1.29, 1.82) is 0 Å². The van der Waals surface area contributed by atoms with Crippen LogP contribution in [0.25, 0.3) is 5.52 Å². The molecule has 4 rings (SSSR count). The van der Waals surface area contributed by atoms with Crippen molar-refractivity contribution >= 4 is 11.4 Å². The number of likely N-dealkylation sites (tertiary alicyclic amines) is 1. The number of rotatable bonds is 5. The van der Waals surface area contributed by atoms with E-state index in [-0.39, 0.29) is 5.91 Å². The smallest absolute Gasteiger partial charge is 0.252 e. The quantitative estimate of drug-likeness (QED) is 0.788. The van der Waals surface area contributed by atoms with Crippen molar-refractivity contribution in [3.63, 3.8) is 0 Å². The first-order chi connectivity index (χ1) is 14.4. The number of carbonyl (C=O) groups is 1. The molecule has 0 radical (unpaired) electrons. The van der Waals surface area contributed by atoms with Gasteiger partial charge < -0.3 is 15.3 Å². The van der Waals surface area contributed by atoms with Crippen LogP contribution in [0.5, 0.6) is 0 Å². The Morgan fingerprint density at radius 3 is 2.77 bits per heavy atom. The van der Waals surface area contributed by atoms with Crippen LogP contribution in [0.3, 0.4) is 0 Å². The van der Waals surface area contributed by atoms with E-state index >= 15 is 0 Å². The highest BCUT2D eigenvalue weighted by Gasteiger charge is 2.36. The number of nitrogens with zero attached hydrogens (tertiary/aromatic N) is 3. The Labute approximate surface area is 179 Å². The van der Waals surface area contributed by atoms with Crippen LogP contribution in [-0.2, 0) is 0 Å². The van der Waals surface area contributed by atoms with Crippen LogP contribution in [0.4, 0.5) is 0 Å². The number of amides is 1. The molecule has 2 aliphatic rings. The summed E-state index contributed by atoms with van der Waals surface area (Å²) in [6.45, 7) is 9.80. The number of aryl methyl sites for hydroxylation is 1. The van der Waals surface area contributed by atoms with Crippen molar-refractivity contribution in [3.05, 3.63) is 35.2 Å². The third kappa shape index (κ3) is 4.26. The summed E-state index contributed by atoms with van der Waals surface area (Å²) in [5.41, 5.74) is 3.64. The molecule has 3 heterocycles. The Morgan fingerprint density at radius 2 is 2.07 bits per heavy atom. The Morgan fingerprint density at radius 1 is 1.30 bits per heavy atom. The summed E-state index contributed by atoms with van der Waals surface area (Å²) < 4.78 is 1.87. The fourth-order valence-electron chi connectivity index (χ4n) is 5.63. The molecule has 6 heteroatoms. The van der Waals surface area contributed by atoms with Crippen molar-refractivity contribution in [2.75, 3.05) is 26.2 Å². The van der Waals surface area contributed by atoms with E-state index in [1.165, 1.54) is 12.0 Å². The van der Waals surface area contributed by atoms with E-state index in [2.05, 4.69) is 24.1 Å². The van der Waals surface area contributed by atoms with Crippen LogP contribution in [0.15, 0.2) is 18.3 Å². The second-order valence-corrected chi connectivity index (χ2v) is 9.50. The van der Waals surface area contributed by atoms with Crippen molar-refractivity contribution < 1.29 is 9.90 Å². The highest BCUT2D eigenvalue weighted by atomic mass is 16.3. The van der Waals surface area contributed by atoms with Crippen molar-refractivity contribution in [2.45, 2.75) is 70.8 Å². The van der Waals surface area contributed by atoms with Crippen molar-refractivity contribution in [1.82, 2.24) is 19.8 Å². The largest absolute Gasteiger partial charge is 0.389 e. The predicted molar refractivity (Wildman–Crippen MR) is 119 cm³/mol. The molecule has 164 valence electrons. The van der Waals surface area contributed by atoms with E-state index in [1.807, 2.05) is 29.8 Å². The lowest BCUT2D eigenvalue weighted by molar-refractivity contribution is -0.0353. The molecule has 0 unspecified atom stereocenters. The molecule has 2 aromatic rings. The van der Waals surface area contributed by atoms with Gasteiger partial charge in [-0.2, -0.15) is 5.10 Å². The fraction of sp³-hybridized carbons (Fsp3) is 0.667. The summed E-state index contributed by atoms with van der Waals surface area (Å²) in [5, 5.41) is 18.6. The minimum Gasteiger partial charge on any atom is -0.389 e. The van der Waals surface area contributed by atoms with Gasteiger partial charge in [0.2, 0.25) is 0 Å². The van der Waals surface area contributed by atoms with Crippen LogP contribution in [0.2, 0.25) is 0 Å². The Kier molecular flexibility index (Phi) is 6.16.